The summed E-state index contributed by atoms with van der Waals surface area (Å²) in [7, 11) is 0. The summed E-state index contributed by atoms with van der Waals surface area (Å²) in [4.78, 5) is 23.8. The minimum Gasteiger partial charge on any atom is -0.481 e. The second-order valence-corrected chi connectivity index (χ2v) is 16.1. The standard InChI is InChI=1S/C37H50O6/c1-21(2)24-14-17-37(32(41)42)19-30(40)35(6)26(31(24)37)12-13-27-34(5)16-15-25(22-8-10-23(11-9-22)43-20-38)33(3,4)28(34)18-29(39)36(27,35)7/h8-11,15,20,24,26-31,39-40H,1,12-14,16-19H2,2-7H3,(H,41,42)/t24-,26+,27+,28-,29-,30-,31+,34+,35-,36-,37-/m0/s1. The fraction of sp³-hybridized carbons (Fsp3) is 0.676. The van der Waals surface area contributed by atoms with Crippen molar-refractivity contribution in [2.24, 2.45) is 56.7 Å². The fourth-order valence-corrected chi connectivity index (χ4v) is 12.4. The average Bonchev–Trinajstić information content (AvgIpc) is 3.33. The van der Waals surface area contributed by atoms with Crippen LogP contribution in [-0.4, -0.2) is 40.0 Å². The van der Waals surface area contributed by atoms with E-state index in [1.807, 2.05) is 31.2 Å². The molecule has 0 heterocycles. The first-order valence-corrected chi connectivity index (χ1v) is 16.3. The first kappa shape index (κ1) is 30.6. The second-order valence-electron chi connectivity index (χ2n) is 16.1. The van der Waals surface area contributed by atoms with E-state index in [1.165, 1.54) is 5.57 Å². The fourth-order valence-electron chi connectivity index (χ4n) is 12.4. The summed E-state index contributed by atoms with van der Waals surface area (Å²) in [6.07, 6.45) is 5.89. The van der Waals surface area contributed by atoms with Gasteiger partial charge in [0.2, 0.25) is 0 Å². The van der Waals surface area contributed by atoms with Crippen LogP contribution in [0.2, 0.25) is 0 Å². The monoisotopic (exact) mass is 590 g/mol. The van der Waals surface area contributed by atoms with Crippen molar-refractivity contribution in [1.29, 1.82) is 0 Å². The van der Waals surface area contributed by atoms with Crippen LogP contribution in [0.1, 0.15) is 92.1 Å². The number of ether oxygens (including phenoxy) is 1. The Morgan fingerprint density at radius 1 is 0.977 bits per heavy atom. The van der Waals surface area contributed by atoms with Crippen molar-refractivity contribution in [3.8, 4) is 5.75 Å². The zero-order valence-corrected chi connectivity index (χ0v) is 26.7. The predicted octanol–water partition coefficient (Wildman–Crippen LogP) is 6.90. The molecule has 0 radical (unpaired) electrons. The van der Waals surface area contributed by atoms with Crippen molar-refractivity contribution in [2.45, 2.75) is 98.7 Å². The van der Waals surface area contributed by atoms with Crippen molar-refractivity contribution in [2.75, 3.05) is 0 Å². The number of carboxylic acid groups (broad SMARTS) is 1. The maximum absolute atomic E-state index is 13.0. The number of carbonyl (C=O) groups excluding carboxylic acids is 1. The Morgan fingerprint density at radius 3 is 2.26 bits per heavy atom. The Kier molecular flexibility index (Phi) is 6.95. The number of fused-ring (bicyclic) bond motifs is 7. The van der Waals surface area contributed by atoms with Crippen LogP contribution in [0, 0.1) is 56.7 Å². The van der Waals surface area contributed by atoms with E-state index in [2.05, 4.69) is 47.3 Å². The van der Waals surface area contributed by atoms with E-state index in [1.54, 1.807) is 0 Å². The molecule has 0 saturated heterocycles. The maximum Gasteiger partial charge on any atom is 0.310 e. The Morgan fingerprint density at radius 2 is 1.65 bits per heavy atom. The lowest BCUT2D eigenvalue weighted by atomic mass is 9.31. The molecule has 234 valence electrons. The summed E-state index contributed by atoms with van der Waals surface area (Å²) in [5.74, 6) is 0.178. The first-order chi connectivity index (χ1) is 20.1. The zero-order chi connectivity index (χ0) is 31.3. The molecule has 11 atom stereocenters. The highest BCUT2D eigenvalue weighted by molar-refractivity contribution is 5.76. The van der Waals surface area contributed by atoms with Crippen molar-refractivity contribution >= 4 is 18.0 Å². The van der Waals surface area contributed by atoms with Gasteiger partial charge in [0.05, 0.1) is 17.6 Å². The van der Waals surface area contributed by atoms with Gasteiger partial charge in [0, 0.05) is 10.8 Å². The summed E-state index contributed by atoms with van der Waals surface area (Å²) >= 11 is 0. The average molecular weight is 591 g/mol. The van der Waals surface area contributed by atoms with E-state index >= 15 is 0 Å². The van der Waals surface area contributed by atoms with Gasteiger partial charge in [-0.2, -0.15) is 0 Å². The minimum atomic E-state index is -0.931. The van der Waals surface area contributed by atoms with Gasteiger partial charge in [-0.25, -0.2) is 0 Å². The smallest absolute Gasteiger partial charge is 0.310 e. The number of benzene rings is 1. The summed E-state index contributed by atoms with van der Waals surface area (Å²) in [5.41, 5.74) is 0.967. The molecular weight excluding hydrogens is 540 g/mol. The van der Waals surface area contributed by atoms with Crippen molar-refractivity contribution in [3.63, 3.8) is 0 Å². The van der Waals surface area contributed by atoms with Crippen molar-refractivity contribution in [3.05, 3.63) is 48.1 Å². The molecule has 1 aromatic carbocycles. The van der Waals surface area contributed by atoms with Gasteiger partial charge in [0.1, 0.15) is 5.75 Å². The van der Waals surface area contributed by atoms with Crippen molar-refractivity contribution in [1.82, 2.24) is 0 Å². The van der Waals surface area contributed by atoms with E-state index in [0.29, 0.717) is 25.1 Å². The highest BCUT2D eigenvalue weighted by Crippen LogP contribution is 2.77. The number of hydrogen-bond acceptors (Lipinski definition) is 5. The van der Waals surface area contributed by atoms with Gasteiger partial charge >= 0.3 is 5.97 Å². The highest BCUT2D eigenvalue weighted by atomic mass is 16.5. The van der Waals surface area contributed by atoms with Crippen LogP contribution in [0.4, 0.5) is 0 Å². The zero-order valence-electron chi connectivity index (χ0n) is 26.7. The van der Waals surface area contributed by atoms with Gasteiger partial charge in [0.15, 0.2) is 0 Å². The van der Waals surface area contributed by atoms with Gasteiger partial charge in [0.25, 0.3) is 6.47 Å². The van der Waals surface area contributed by atoms with Gasteiger partial charge in [-0.1, -0.05) is 65.0 Å². The lowest BCUT2D eigenvalue weighted by molar-refractivity contribution is -0.294. The summed E-state index contributed by atoms with van der Waals surface area (Å²) in [6, 6.07) is 7.67. The molecule has 6 nitrogen and oxygen atoms in total. The van der Waals surface area contributed by atoms with Gasteiger partial charge in [-0.05, 0) is 116 Å². The number of aliphatic carboxylic acids is 1. The normalized spacial score (nSPS) is 46.3. The molecule has 6 rings (SSSR count). The summed E-state index contributed by atoms with van der Waals surface area (Å²) < 4.78 is 5.02. The lowest BCUT2D eigenvalue weighted by Gasteiger charge is -2.74. The summed E-state index contributed by atoms with van der Waals surface area (Å²) in [6.45, 7) is 18.2. The number of allylic oxidation sites excluding steroid dienone is 3. The molecule has 3 N–H and O–H groups in total. The minimum absolute atomic E-state index is 0.00222. The Balaban J connectivity index is 1.42. The van der Waals surface area contributed by atoms with Gasteiger partial charge in [-0.3, -0.25) is 9.59 Å². The van der Waals surface area contributed by atoms with E-state index in [9.17, 15) is 24.9 Å². The molecule has 4 fully saturated rings. The van der Waals surface area contributed by atoms with Crippen LogP contribution < -0.4 is 4.74 Å². The SMILES string of the molecule is C=C(C)[C@@H]1CC[C@]2(C(=O)O)C[C@H](O)[C@]3(C)[C@H](CC[C@@H]4[C@@]5(C)CC=C(c6ccc(OC=O)cc6)C(C)(C)[C@@H]5C[C@H](O)[C@]43C)[C@@H]12. The molecule has 6 heteroatoms. The van der Waals surface area contributed by atoms with E-state index < -0.39 is 34.4 Å². The molecule has 4 saturated carbocycles. The first-order valence-electron chi connectivity index (χ1n) is 16.3. The number of rotatable bonds is 5. The molecule has 0 aromatic heterocycles. The van der Waals surface area contributed by atoms with Crippen molar-refractivity contribution < 1.29 is 29.6 Å². The third-order valence-electron chi connectivity index (χ3n) is 14.5. The van der Waals surface area contributed by atoms with Crippen LogP contribution in [0.15, 0.2) is 42.5 Å². The summed E-state index contributed by atoms with van der Waals surface area (Å²) in [5, 5.41) is 35.2. The molecule has 5 aliphatic rings. The van der Waals surface area contributed by atoms with Gasteiger partial charge < -0.3 is 20.1 Å². The predicted molar refractivity (Wildman–Crippen MR) is 166 cm³/mol. The third kappa shape index (κ3) is 3.78. The topological polar surface area (TPSA) is 104 Å². The molecule has 0 bridgehead atoms. The van der Waals surface area contributed by atoms with Crippen LogP contribution in [0.25, 0.3) is 5.57 Å². The van der Waals surface area contributed by atoms with Gasteiger partial charge in [-0.15, -0.1) is 0 Å². The number of aliphatic hydroxyl groups excluding tert-OH is 2. The second kappa shape index (κ2) is 9.78. The molecule has 0 amide bonds. The van der Waals surface area contributed by atoms with E-state index in [4.69, 9.17) is 4.74 Å². The van der Waals surface area contributed by atoms with Crippen LogP contribution in [-0.2, 0) is 9.59 Å². The Labute approximate surface area is 256 Å². The van der Waals surface area contributed by atoms with Crippen LogP contribution >= 0.6 is 0 Å². The molecule has 0 aliphatic heterocycles. The van der Waals surface area contributed by atoms with Crippen LogP contribution in [0.5, 0.6) is 5.75 Å². The maximum atomic E-state index is 13.0. The molecule has 0 spiro atoms. The number of hydrogen-bond donors (Lipinski definition) is 3. The number of carbonyl (C=O) groups is 2. The number of carboxylic acids is 1. The molecule has 1 aromatic rings. The largest absolute Gasteiger partial charge is 0.481 e. The number of aliphatic hydroxyl groups is 2. The quantitative estimate of drug-likeness (QED) is 0.255. The van der Waals surface area contributed by atoms with Crippen LogP contribution in [0.3, 0.4) is 0 Å². The lowest BCUT2D eigenvalue weighted by Crippen LogP contribution is -2.73. The molecule has 43 heavy (non-hydrogen) atoms. The molecular formula is C37H50O6. The Hall–Kier alpha value is -2.44. The molecule has 5 aliphatic carbocycles. The molecule has 0 unspecified atom stereocenters. The van der Waals surface area contributed by atoms with E-state index in [-0.39, 0.29) is 46.8 Å². The third-order valence-corrected chi connectivity index (χ3v) is 14.5. The highest BCUT2D eigenvalue weighted by Gasteiger charge is 2.76. The van der Waals surface area contributed by atoms with E-state index in [0.717, 1.165) is 36.8 Å². The Bertz CT molecular complexity index is 1360.